The fourth-order valence-corrected chi connectivity index (χ4v) is 5.28. The highest BCUT2D eigenvalue weighted by atomic mass is 35.5. The summed E-state index contributed by atoms with van der Waals surface area (Å²) in [6.07, 6.45) is 2.01. The maximum Gasteiger partial charge on any atom is 0.230 e. The summed E-state index contributed by atoms with van der Waals surface area (Å²) in [5.74, 6) is -0.494. The van der Waals surface area contributed by atoms with Crippen LogP contribution in [0.1, 0.15) is 24.5 Å². The lowest BCUT2D eigenvalue weighted by Gasteiger charge is -2.43. The SMILES string of the molecule is C[C@@H](O)C1C(=O)N(Cc2c[nH]c3ccccc23)CC[C@@H]1N(C)Cc1cc(Cl)cc(Cl)c1. The molecule has 7 heteroatoms. The van der Waals surface area contributed by atoms with E-state index in [0.717, 1.165) is 28.5 Å². The van der Waals surface area contributed by atoms with Crippen LogP contribution >= 0.6 is 23.2 Å². The fraction of sp³-hybridized carbons (Fsp3) is 0.375. The van der Waals surface area contributed by atoms with Crippen molar-refractivity contribution in [2.24, 2.45) is 5.92 Å². The Labute approximate surface area is 192 Å². The molecule has 1 amide bonds. The summed E-state index contributed by atoms with van der Waals surface area (Å²) in [4.78, 5) is 20.7. The van der Waals surface area contributed by atoms with Crippen LogP contribution in [0.2, 0.25) is 10.0 Å². The highest BCUT2D eigenvalue weighted by Gasteiger charge is 2.41. The number of fused-ring (bicyclic) bond motifs is 1. The summed E-state index contributed by atoms with van der Waals surface area (Å²) in [5.41, 5.74) is 3.14. The monoisotopic (exact) mass is 459 g/mol. The predicted octanol–water partition coefficient (Wildman–Crippen LogP) is 4.70. The van der Waals surface area contributed by atoms with Crippen LogP contribution < -0.4 is 0 Å². The standard InChI is InChI=1S/C24H27Cl2N3O2/c1-15(30)23-22(28(2)13-16-9-18(25)11-19(26)10-16)7-8-29(24(23)31)14-17-12-27-21-6-4-3-5-20(17)21/h3-6,9-12,15,22-23,27,30H,7-8,13-14H2,1-2H3/t15-,22+,23?/m1/s1. The van der Waals surface area contributed by atoms with Crippen molar-refractivity contribution < 1.29 is 9.90 Å². The third kappa shape index (κ3) is 4.75. The van der Waals surface area contributed by atoms with Gasteiger partial charge in [-0.2, -0.15) is 0 Å². The number of aromatic nitrogens is 1. The first-order chi connectivity index (χ1) is 14.8. The number of piperidine rings is 1. The normalized spacial score (nSPS) is 20.6. The van der Waals surface area contributed by atoms with Gasteiger partial charge in [-0.1, -0.05) is 41.4 Å². The number of nitrogens with zero attached hydrogens (tertiary/aromatic N) is 2. The number of rotatable bonds is 6. The van der Waals surface area contributed by atoms with Gasteiger partial charge >= 0.3 is 0 Å². The van der Waals surface area contributed by atoms with Crippen LogP contribution in [0.25, 0.3) is 10.9 Å². The van der Waals surface area contributed by atoms with E-state index in [1.165, 1.54) is 0 Å². The highest BCUT2D eigenvalue weighted by Crippen LogP contribution is 2.30. The lowest BCUT2D eigenvalue weighted by atomic mass is 9.85. The number of H-pyrrole nitrogens is 1. The highest BCUT2D eigenvalue weighted by molar-refractivity contribution is 6.34. The van der Waals surface area contributed by atoms with Crippen LogP contribution in [0, 0.1) is 5.92 Å². The molecule has 0 spiro atoms. The van der Waals surface area contributed by atoms with Crippen LogP contribution in [0.4, 0.5) is 0 Å². The number of para-hydroxylation sites is 1. The van der Waals surface area contributed by atoms with Crippen molar-refractivity contribution in [1.29, 1.82) is 0 Å². The number of halogens is 2. The van der Waals surface area contributed by atoms with Gasteiger partial charge in [0.05, 0.1) is 12.0 Å². The fourth-order valence-electron chi connectivity index (χ4n) is 4.71. The number of aromatic amines is 1. The largest absolute Gasteiger partial charge is 0.393 e. The molecular weight excluding hydrogens is 433 g/mol. The zero-order valence-electron chi connectivity index (χ0n) is 17.7. The van der Waals surface area contributed by atoms with Gasteiger partial charge in [-0.05, 0) is 55.8 Å². The van der Waals surface area contributed by atoms with Gasteiger partial charge in [0, 0.05) is 52.8 Å². The third-order valence-electron chi connectivity index (χ3n) is 6.18. The topological polar surface area (TPSA) is 59.6 Å². The van der Waals surface area contributed by atoms with Gasteiger partial charge in [-0.25, -0.2) is 0 Å². The van der Waals surface area contributed by atoms with Crippen LogP contribution in [-0.2, 0) is 17.9 Å². The molecular formula is C24H27Cl2N3O2. The summed E-state index contributed by atoms with van der Waals surface area (Å²) in [7, 11) is 1.98. The first kappa shape index (κ1) is 22.2. The number of benzene rings is 2. The number of aliphatic hydroxyl groups is 1. The number of amides is 1. The molecule has 3 atom stereocenters. The minimum absolute atomic E-state index is 0.00694. The van der Waals surface area contributed by atoms with Gasteiger partial charge in [-0.3, -0.25) is 9.69 Å². The molecule has 3 aromatic rings. The molecule has 0 aliphatic carbocycles. The predicted molar refractivity (Wildman–Crippen MR) is 125 cm³/mol. The molecule has 0 bridgehead atoms. The van der Waals surface area contributed by atoms with Crippen molar-refractivity contribution in [2.75, 3.05) is 13.6 Å². The lowest BCUT2D eigenvalue weighted by molar-refractivity contribution is -0.148. The number of nitrogens with one attached hydrogen (secondary N) is 1. The summed E-state index contributed by atoms with van der Waals surface area (Å²) < 4.78 is 0. The molecule has 0 saturated carbocycles. The molecule has 1 unspecified atom stereocenters. The molecule has 2 heterocycles. The number of likely N-dealkylation sites (tertiary alicyclic amines) is 1. The maximum absolute atomic E-state index is 13.4. The van der Waals surface area contributed by atoms with Crippen molar-refractivity contribution in [2.45, 2.75) is 38.6 Å². The van der Waals surface area contributed by atoms with Crippen molar-refractivity contribution in [3.05, 3.63) is 69.8 Å². The van der Waals surface area contributed by atoms with E-state index >= 15 is 0 Å². The molecule has 1 aromatic heterocycles. The Morgan fingerprint density at radius 2 is 1.94 bits per heavy atom. The van der Waals surface area contributed by atoms with Gasteiger partial charge in [0.15, 0.2) is 0 Å². The molecule has 31 heavy (non-hydrogen) atoms. The number of carbonyl (C=O) groups is 1. The van der Waals surface area contributed by atoms with E-state index < -0.39 is 12.0 Å². The summed E-state index contributed by atoms with van der Waals surface area (Å²) in [6.45, 7) is 3.48. The van der Waals surface area contributed by atoms with Crippen molar-refractivity contribution in [3.8, 4) is 0 Å². The summed E-state index contributed by atoms with van der Waals surface area (Å²) in [6, 6.07) is 13.5. The first-order valence-corrected chi connectivity index (χ1v) is 11.3. The minimum atomic E-state index is -0.742. The van der Waals surface area contributed by atoms with Crippen LogP contribution in [0.3, 0.4) is 0 Å². The van der Waals surface area contributed by atoms with E-state index in [4.69, 9.17) is 23.2 Å². The van der Waals surface area contributed by atoms with E-state index in [1.807, 2.05) is 48.5 Å². The number of hydrogen-bond donors (Lipinski definition) is 2. The molecule has 1 aliphatic heterocycles. The molecule has 1 saturated heterocycles. The molecule has 1 aliphatic rings. The Morgan fingerprint density at radius 1 is 1.23 bits per heavy atom. The second-order valence-electron chi connectivity index (χ2n) is 8.43. The second-order valence-corrected chi connectivity index (χ2v) is 9.31. The van der Waals surface area contributed by atoms with Gasteiger partial charge in [-0.15, -0.1) is 0 Å². The zero-order valence-corrected chi connectivity index (χ0v) is 19.2. The molecule has 2 N–H and O–H groups in total. The maximum atomic E-state index is 13.4. The van der Waals surface area contributed by atoms with E-state index in [1.54, 1.807) is 13.0 Å². The average Bonchev–Trinajstić information content (AvgIpc) is 3.11. The third-order valence-corrected chi connectivity index (χ3v) is 6.62. The van der Waals surface area contributed by atoms with Crippen LogP contribution in [0.5, 0.6) is 0 Å². The Bertz CT molecular complexity index is 1060. The van der Waals surface area contributed by atoms with Crippen LogP contribution in [0.15, 0.2) is 48.7 Å². The average molecular weight is 460 g/mol. The molecule has 5 nitrogen and oxygen atoms in total. The lowest BCUT2D eigenvalue weighted by Crippen LogP contribution is -2.56. The van der Waals surface area contributed by atoms with E-state index in [9.17, 15) is 9.90 Å². The second kappa shape index (κ2) is 9.21. The zero-order chi connectivity index (χ0) is 22.1. The molecule has 164 valence electrons. The first-order valence-electron chi connectivity index (χ1n) is 10.5. The van der Waals surface area contributed by atoms with Crippen molar-refractivity contribution >= 4 is 40.0 Å². The summed E-state index contributed by atoms with van der Waals surface area (Å²) in [5, 5.41) is 12.8. The van der Waals surface area contributed by atoms with E-state index in [2.05, 4.69) is 16.0 Å². The van der Waals surface area contributed by atoms with E-state index in [0.29, 0.717) is 29.7 Å². The Balaban J connectivity index is 1.51. The van der Waals surface area contributed by atoms with Crippen LogP contribution in [-0.4, -0.2) is 51.5 Å². The number of hydrogen-bond acceptors (Lipinski definition) is 3. The van der Waals surface area contributed by atoms with Crippen molar-refractivity contribution in [1.82, 2.24) is 14.8 Å². The quantitative estimate of drug-likeness (QED) is 0.561. The molecule has 0 radical (unpaired) electrons. The van der Waals surface area contributed by atoms with Gasteiger partial charge in [0.25, 0.3) is 0 Å². The molecule has 1 fully saturated rings. The Kier molecular flexibility index (Phi) is 6.58. The number of aliphatic hydroxyl groups excluding tert-OH is 1. The van der Waals surface area contributed by atoms with Gasteiger partial charge in [0.1, 0.15) is 0 Å². The number of carbonyl (C=O) groups excluding carboxylic acids is 1. The van der Waals surface area contributed by atoms with Gasteiger partial charge in [0.2, 0.25) is 5.91 Å². The smallest absolute Gasteiger partial charge is 0.230 e. The molecule has 4 rings (SSSR count). The summed E-state index contributed by atoms with van der Waals surface area (Å²) >= 11 is 12.3. The Hall–Kier alpha value is -2.05. The Morgan fingerprint density at radius 3 is 2.65 bits per heavy atom. The van der Waals surface area contributed by atoms with Crippen molar-refractivity contribution in [3.63, 3.8) is 0 Å². The molecule has 2 aromatic carbocycles. The van der Waals surface area contributed by atoms with E-state index in [-0.39, 0.29) is 11.9 Å². The van der Waals surface area contributed by atoms with Gasteiger partial charge < -0.3 is 15.0 Å². The minimum Gasteiger partial charge on any atom is -0.393 e.